The van der Waals surface area contributed by atoms with Crippen molar-refractivity contribution in [2.45, 2.75) is 12.8 Å². The second-order valence-electron chi connectivity index (χ2n) is 4.14. The van der Waals surface area contributed by atoms with E-state index >= 15 is 0 Å². The molecule has 0 bridgehead atoms. The number of hydrogen-bond acceptors (Lipinski definition) is 3. The van der Waals surface area contributed by atoms with E-state index in [4.69, 9.17) is 5.73 Å². The van der Waals surface area contributed by atoms with Crippen LogP contribution in [-0.4, -0.2) is 15.6 Å². The van der Waals surface area contributed by atoms with Gasteiger partial charge in [0.05, 0.1) is 0 Å². The molecule has 0 radical (unpaired) electrons. The maximum atomic E-state index is 12.0. The number of anilines is 1. The van der Waals surface area contributed by atoms with E-state index in [9.17, 15) is 4.79 Å². The van der Waals surface area contributed by atoms with Crippen LogP contribution in [0.15, 0.2) is 34.9 Å². The first-order chi connectivity index (χ1) is 8.56. The topological polar surface area (TPSA) is 60.9 Å². The van der Waals surface area contributed by atoms with Crippen LogP contribution in [0.2, 0.25) is 0 Å². The Hall–Kier alpha value is -1.62. The molecular weight excluding hydrogens is 294 g/mol. The lowest BCUT2D eigenvalue weighted by Crippen LogP contribution is -2.05. The molecule has 0 saturated heterocycles. The number of aromatic nitrogens is 2. The minimum absolute atomic E-state index is 0.0872. The van der Waals surface area contributed by atoms with E-state index in [1.54, 1.807) is 29.1 Å². The number of benzene rings is 1. The molecule has 0 amide bonds. The summed E-state index contributed by atoms with van der Waals surface area (Å²) in [4.78, 5) is 12.0. The first kappa shape index (κ1) is 12.8. The van der Waals surface area contributed by atoms with Crippen molar-refractivity contribution >= 4 is 27.4 Å². The van der Waals surface area contributed by atoms with Gasteiger partial charge in [-0.25, -0.2) is 0 Å². The third-order valence-corrected chi connectivity index (χ3v) is 3.23. The standard InChI is InChI=1S/C13H14BrN3O/c1-17-12(4-5-16-17)2-3-13(18)9-6-10(14)8-11(15)7-9/h4-8H,2-3,15H2,1H3. The fraction of sp³-hybridized carbons (Fsp3) is 0.231. The molecule has 2 aromatic rings. The first-order valence-corrected chi connectivity index (χ1v) is 6.41. The van der Waals surface area contributed by atoms with Crippen molar-refractivity contribution in [3.8, 4) is 0 Å². The van der Waals surface area contributed by atoms with Gasteiger partial charge >= 0.3 is 0 Å². The number of hydrogen-bond donors (Lipinski definition) is 1. The van der Waals surface area contributed by atoms with Gasteiger partial charge in [-0.2, -0.15) is 5.10 Å². The van der Waals surface area contributed by atoms with E-state index in [1.165, 1.54) is 0 Å². The van der Waals surface area contributed by atoms with E-state index in [0.29, 0.717) is 24.1 Å². The van der Waals surface area contributed by atoms with Crippen LogP contribution >= 0.6 is 15.9 Å². The number of carbonyl (C=O) groups excluding carboxylic acids is 1. The maximum absolute atomic E-state index is 12.0. The average molecular weight is 308 g/mol. The summed E-state index contributed by atoms with van der Waals surface area (Å²) in [5.74, 6) is 0.0872. The van der Waals surface area contributed by atoms with E-state index in [2.05, 4.69) is 21.0 Å². The van der Waals surface area contributed by atoms with Gasteiger partial charge in [-0.1, -0.05) is 15.9 Å². The predicted octanol–water partition coefficient (Wildman–Crippen LogP) is 2.58. The third-order valence-electron chi connectivity index (χ3n) is 2.77. The van der Waals surface area contributed by atoms with Crippen molar-refractivity contribution in [3.05, 3.63) is 46.2 Å². The number of ketones is 1. The molecule has 0 atom stereocenters. The number of halogens is 1. The highest BCUT2D eigenvalue weighted by atomic mass is 79.9. The fourth-order valence-electron chi connectivity index (χ4n) is 1.81. The van der Waals surface area contributed by atoms with Gasteiger partial charge in [0, 0.05) is 41.1 Å². The Balaban J connectivity index is 2.06. The normalized spacial score (nSPS) is 10.6. The second-order valence-corrected chi connectivity index (χ2v) is 5.06. The summed E-state index contributed by atoms with van der Waals surface area (Å²) in [6.45, 7) is 0. The molecule has 0 aliphatic heterocycles. The zero-order chi connectivity index (χ0) is 13.1. The molecule has 2 rings (SSSR count). The minimum atomic E-state index is 0.0872. The smallest absolute Gasteiger partial charge is 0.163 e. The number of Topliss-reactive ketones (excluding diaryl/α,β-unsaturated/α-hetero) is 1. The molecule has 1 aromatic heterocycles. The Morgan fingerprint density at radius 2 is 2.22 bits per heavy atom. The third kappa shape index (κ3) is 2.98. The number of nitrogens with two attached hydrogens (primary N) is 1. The second kappa shape index (κ2) is 5.35. The van der Waals surface area contributed by atoms with Gasteiger partial charge in [-0.3, -0.25) is 9.48 Å². The first-order valence-electron chi connectivity index (χ1n) is 5.62. The van der Waals surface area contributed by atoms with Crippen molar-refractivity contribution in [1.29, 1.82) is 0 Å². The summed E-state index contributed by atoms with van der Waals surface area (Å²) >= 11 is 3.34. The Bertz CT molecular complexity index is 557. The van der Waals surface area contributed by atoms with Crippen LogP contribution in [0, 0.1) is 0 Å². The molecule has 18 heavy (non-hydrogen) atoms. The number of nitrogen functional groups attached to an aromatic ring is 1. The van der Waals surface area contributed by atoms with Crippen molar-refractivity contribution in [1.82, 2.24) is 9.78 Å². The minimum Gasteiger partial charge on any atom is -0.399 e. The molecule has 5 heteroatoms. The number of rotatable bonds is 4. The average Bonchev–Trinajstić information content (AvgIpc) is 2.70. The largest absolute Gasteiger partial charge is 0.399 e. The quantitative estimate of drug-likeness (QED) is 0.697. The summed E-state index contributed by atoms with van der Waals surface area (Å²) < 4.78 is 2.61. The van der Waals surface area contributed by atoms with Crippen LogP contribution in [0.25, 0.3) is 0 Å². The molecule has 0 spiro atoms. The number of carbonyl (C=O) groups is 1. The fourth-order valence-corrected chi connectivity index (χ4v) is 2.32. The van der Waals surface area contributed by atoms with Gasteiger partial charge in [0.2, 0.25) is 0 Å². The van der Waals surface area contributed by atoms with E-state index in [1.807, 2.05) is 13.1 Å². The Labute approximate surface area is 114 Å². The monoisotopic (exact) mass is 307 g/mol. The van der Waals surface area contributed by atoms with E-state index < -0.39 is 0 Å². The summed E-state index contributed by atoms with van der Waals surface area (Å²) in [5, 5.41) is 4.07. The lowest BCUT2D eigenvalue weighted by molar-refractivity contribution is 0.0982. The Kier molecular flexibility index (Phi) is 3.81. The van der Waals surface area contributed by atoms with Crippen LogP contribution in [0.5, 0.6) is 0 Å². The van der Waals surface area contributed by atoms with Gasteiger partial charge in [0.1, 0.15) is 0 Å². The van der Waals surface area contributed by atoms with E-state index in [0.717, 1.165) is 10.2 Å². The molecular formula is C13H14BrN3O. The zero-order valence-corrected chi connectivity index (χ0v) is 11.6. The molecule has 2 N–H and O–H groups in total. The van der Waals surface area contributed by atoms with Crippen molar-refractivity contribution in [2.24, 2.45) is 7.05 Å². The molecule has 0 saturated carbocycles. The summed E-state index contributed by atoms with van der Waals surface area (Å²) in [5.41, 5.74) is 8.00. The van der Waals surface area contributed by atoms with Crippen LogP contribution in [0.1, 0.15) is 22.5 Å². The summed E-state index contributed by atoms with van der Waals surface area (Å²) in [6.07, 6.45) is 2.87. The highest BCUT2D eigenvalue weighted by molar-refractivity contribution is 9.10. The van der Waals surface area contributed by atoms with Gasteiger partial charge in [-0.15, -0.1) is 0 Å². The Morgan fingerprint density at radius 1 is 1.44 bits per heavy atom. The number of aryl methyl sites for hydroxylation is 2. The molecule has 4 nitrogen and oxygen atoms in total. The van der Waals surface area contributed by atoms with Crippen LogP contribution in [0.3, 0.4) is 0 Å². The molecule has 0 unspecified atom stereocenters. The van der Waals surface area contributed by atoms with Gasteiger partial charge in [-0.05, 0) is 30.7 Å². The molecule has 0 fully saturated rings. The van der Waals surface area contributed by atoms with Crippen LogP contribution in [-0.2, 0) is 13.5 Å². The summed E-state index contributed by atoms with van der Waals surface area (Å²) in [7, 11) is 1.87. The Morgan fingerprint density at radius 3 is 2.83 bits per heavy atom. The molecule has 0 aliphatic rings. The van der Waals surface area contributed by atoms with Gasteiger partial charge < -0.3 is 5.73 Å². The number of nitrogens with zero attached hydrogens (tertiary/aromatic N) is 2. The van der Waals surface area contributed by atoms with Gasteiger partial charge in [0.25, 0.3) is 0 Å². The summed E-state index contributed by atoms with van der Waals surface area (Å²) in [6, 6.07) is 7.19. The lowest BCUT2D eigenvalue weighted by atomic mass is 10.0. The zero-order valence-electron chi connectivity index (χ0n) is 10.1. The van der Waals surface area contributed by atoms with Crippen molar-refractivity contribution in [2.75, 3.05) is 5.73 Å². The van der Waals surface area contributed by atoms with E-state index in [-0.39, 0.29) is 5.78 Å². The molecule has 94 valence electrons. The van der Waals surface area contributed by atoms with Crippen LogP contribution < -0.4 is 5.73 Å². The van der Waals surface area contributed by atoms with Crippen molar-refractivity contribution < 1.29 is 4.79 Å². The molecule has 1 heterocycles. The highest BCUT2D eigenvalue weighted by Crippen LogP contribution is 2.19. The SMILES string of the molecule is Cn1nccc1CCC(=O)c1cc(N)cc(Br)c1. The van der Waals surface area contributed by atoms with Crippen LogP contribution in [0.4, 0.5) is 5.69 Å². The van der Waals surface area contributed by atoms with Gasteiger partial charge in [0.15, 0.2) is 5.78 Å². The predicted molar refractivity (Wildman–Crippen MR) is 74.4 cm³/mol. The molecule has 0 aliphatic carbocycles. The maximum Gasteiger partial charge on any atom is 0.163 e. The lowest BCUT2D eigenvalue weighted by Gasteiger charge is -2.04. The highest BCUT2D eigenvalue weighted by Gasteiger charge is 2.09. The molecule has 1 aromatic carbocycles. The van der Waals surface area contributed by atoms with Crippen molar-refractivity contribution in [3.63, 3.8) is 0 Å².